The van der Waals surface area contributed by atoms with Crippen LogP contribution in [0, 0.1) is 0 Å². The monoisotopic (exact) mass is 1000 g/mol. The summed E-state index contributed by atoms with van der Waals surface area (Å²) in [5, 5.41) is 5.43. The number of unbranched alkanes of at least 4 members (excludes halogenated alkanes) is 24. The first-order valence-corrected chi connectivity index (χ1v) is 28.7. The van der Waals surface area contributed by atoms with Crippen LogP contribution in [0.15, 0.2) is 24.3 Å². The number of nitrogens with one attached hydrogen (secondary N) is 2. The van der Waals surface area contributed by atoms with Gasteiger partial charge in [0, 0.05) is 42.0 Å². The molecule has 2 atom stereocenters. The lowest BCUT2D eigenvalue weighted by molar-refractivity contribution is -0.164. The summed E-state index contributed by atoms with van der Waals surface area (Å²) in [6, 6.07) is 4.91. The van der Waals surface area contributed by atoms with Gasteiger partial charge in [-0.05, 0) is 78.6 Å². The zero-order valence-corrected chi connectivity index (χ0v) is 46.1. The Labute approximate surface area is 429 Å². The summed E-state index contributed by atoms with van der Waals surface area (Å²) >= 11 is 1.45. The van der Waals surface area contributed by atoms with Gasteiger partial charge < -0.3 is 29.6 Å². The number of ether oxygens (including phenoxy) is 4. The van der Waals surface area contributed by atoms with E-state index in [1.165, 1.54) is 152 Å². The zero-order chi connectivity index (χ0) is 51.9. The van der Waals surface area contributed by atoms with Crippen LogP contribution in [0.3, 0.4) is 0 Å². The molecule has 0 bridgehead atoms. The molecule has 12 nitrogen and oxygen atoms in total. The molecular formula is C57H98N2O10S. The fraction of sp³-hybridized carbons (Fsp3) is 0.789. The number of benzene rings is 1. The summed E-state index contributed by atoms with van der Waals surface area (Å²) in [6.07, 6.45) is 31.7. The molecule has 0 radical (unpaired) electrons. The van der Waals surface area contributed by atoms with E-state index in [9.17, 15) is 28.8 Å². The van der Waals surface area contributed by atoms with Crippen molar-refractivity contribution in [2.24, 2.45) is 0 Å². The largest absolute Gasteiger partial charge is 0.462 e. The standard InChI is InChI=1S/C57H98N2O10S/c1-9-11-13-15-17-19-21-23-25-27-29-31-33-35-51(61)66-44-48(67-52(62)36-34-32-30-28-26-24-22-20-18-16-14-12-10-2)45-70-42-41-50(60)58-47-39-37-46(38-40-47)54(64)59-49(55(65)69-57(6,7)8)43-53(63)68-56(3,4)5/h37-40,48-49H,9-36,41-45H2,1-8H3,(H,58,60)(H,59,64)/t48?,49-/m0/s1. The van der Waals surface area contributed by atoms with Gasteiger partial charge in [0.15, 0.2) is 0 Å². The van der Waals surface area contributed by atoms with Crippen molar-refractivity contribution < 1.29 is 47.7 Å². The van der Waals surface area contributed by atoms with Crippen LogP contribution in [-0.4, -0.2) is 77.2 Å². The van der Waals surface area contributed by atoms with E-state index >= 15 is 0 Å². The minimum Gasteiger partial charge on any atom is -0.462 e. The number of hydrogen-bond acceptors (Lipinski definition) is 11. The summed E-state index contributed by atoms with van der Waals surface area (Å²) in [6.45, 7) is 14.7. The van der Waals surface area contributed by atoms with Crippen molar-refractivity contribution in [3.63, 3.8) is 0 Å². The Hall–Kier alpha value is -3.61. The van der Waals surface area contributed by atoms with E-state index in [-0.39, 0.29) is 36.4 Å². The van der Waals surface area contributed by atoms with Crippen LogP contribution in [0.1, 0.15) is 258 Å². The quantitative estimate of drug-likeness (QED) is 0.0364. The molecule has 2 amide bonds. The van der Waals surface area contributed by atoms with Crippen LogP contribution in [0.2, 0.25) is 0 Å². The van der Waals surface area contributed by atoms with E-state index < -0.39 is 47.6 Å². The minimum absolute atomic E-state index is 0.0136. The van der Waals surface area contributed by atoms with Crippen molar-refractivity contribution in [3.05, 3.63) is 29.8 Å². The molecule has 0 aromatic heterocycles. The van der Waals surface area contributed by atoms with Crippen LogP contribution in [0.4, 0.5) is 5.69 Å². The second kappa shape index (κ2) is 39.9. The fourth-order valence-corrected chi connectivity index (χ4v) is 8.78. The maximum absolute atomic E-state index is 13.2. The van der Waals surface area contributed by atoms with Crippen molar-refractivity contribution in [2.75, 3.05) is 23.4 Å². The second-order valence-corrected chi connectivity index (χ2v) is 22.2. The Morgan fingerprint density at radius 2 is 0.957 bits per heavy atom. The predicted molar refractivity (Wildman–Crippen MR) is 286 cm³/mol. The number of esters is 4. The Morgan fingerprint density at radius 1 is 0.529 bits per heavy atom. The molecule has 1 rings (SSSR count). The summed E-state index contributed by atoms with van der Waals surface area (Å²) < 4.78 is 22.3. The molecule has 0 spiro atoms. The van der Waals surface area contributed by atoms with E-state index in [0.29, 0.717) is 30.0 Å². The maximum Gasteiger partial charge on any atom is 0.329 e. The lowest BCUT2D eigenvalue weighted by Gasteiger charge is -2.25. The molecule has 2 N–H and O–H groups in total. The third kappa shape index (κ3) is 38.1. The van der Waals surface area contributed by atoms with E-state index in [4.69, 9.17) is 18.9 Å². The first-order valence-electron chi connectivity index (χ1n) is 27.5. The van der Waals surface area contributed by atoms with Gasteiger partial charge in [0.1, 0.15) is 30.0 Å². The third-order valence-electron chi connectivity index (χ3n) is 11.7. The van der Waals surface area contributed by atoms with E-state index in [1.54, 1.807) is 53.7 Å². The summed E-state index contributed by atoms with van der Waals surface area (Å²) in [4.78, 5) is 77.3. The highest BCUT2D eigenvalue weighted by Gasteiger charge is 2.31. The first kappa shape index (κ1) is 64.4. The van der Waals surface area contributed by atoms with Crippen molar-refractivity contribution in [1.29, 1.82) is 0 Å². The molecule has 0 aliphatic rings. The number of rotatable bonds is 42. The highest BCUT2D eigenvalue weighted by molar-refractivity contribution is 7.99. The van der Waals surface area contributed by atoms with E-state index in [1.807, 2.05) is 0 Å². The third-order valence-corrected chi connectivity index (χ3v) is 12.8. The molecule has 70 heavy (non-hydrogen) atoms. The summed E-state index contributed by atoms with van der Waals surface area (Å²) in [5.74, 6) is -2.01. The zero-order valence-electron chi connectivity index (χ0n) is 45.3. The molecule has 1 aromatic rings. The van der Waals surface area contributed by atoms with Crippen LogP contribution in [-0.2, 0) is 42.9 Å². The Balaban J connectivity index is 2.62. The van der Waals surface area contributed by atoms with Crippen molar-refractivity contribution in [2.45, 2.75) is 271 Å². The molecule has 0 aliphatic carbocycles. The average Bonchev–Trinajstić information content (AvgIpc) is 3.28. The number of anilines is 1. The van der Waals surface area contributed by atoms with Gasteiger partial charge in [-0.2, -0.15) is 11.8 Å². The first-order chi connectivity index (χ1) is 33.4. The van der Waals surface area contributed by atoms with Crippen molar-refractivity contribution >= 4 is 53.1 Å². The van der Waals surface area contributed by atoms with Crippen molar-refractivity contribution in [3.8, 4) is 0 Å². The van der Waals surface area contributed by atoms with E-state index in [2.05, 4.69) is 24.5 Å². The number of thioether (sulfide) groups is 1. The molecule has 1 unspecified atom stereocenters. The molecular weight excluding hydrogens is 905 g/mol. The highest BCUT2D eigenvalue weighted by atomic mass is 32.2. The van der Waals surface area contributed by atoms with Crippen LogP contribution >= 0.6 is 11.8 Å². The fourth-order valence-electron chi connectivity index (χ4n) is 7.86. The van der Waals surface area contributed by atoms with Crippen LogP contribution < -0.4 is 10.6 Å². The number of carbonyl (C=O) groups excluding carboxylic acids is 6. The Kier molecular flexibility index (Phi) is 36.7. The van der Waals surface area contributed by atoms with Crippen LogP contribution in [0.25, 0.3) is 0 Å². The molecule has 13 heteroatoms. The topological polar surface area (TPSA) is 163 Å². The Bertz CT molecular complexity index is 1570. The number of carbonyl (C=O) groups is 6. The SMILES string of the molecule is CCCCCCCCCCCCCCCC(=O)OCC(CSCCC(=O)Nc1ccc(C(=O)N[C@@H](CC(=O)OC(C)(C)C)C(=O)OC(C)(C)C)cc1)OC(=O)CCCCCCCCCCCCCCC. The molecule has 0 heterocycles. The lowest BCUT2D eigenvalue weighted by Crippen LogP contribution is -2.46. The molecule has 1 aromatic carbocycles. The number of hydrogen-bond donors (Lipinski definition) is 2. The summed E-state index contributed by atoms with van der Waals surface area (Å²) in [5.41, 5.74) is -0.931. The maximum atomic E-state index is 13.2. The lowest BCUT2D eigenvalue weighted by atomic mass is 10.0. The molecule has 0 fully saturated rings. The second-order valence-electron chi connectivity index (χ2n) is 21.1. The smallest absolute Gasteiger partial charge is 0.329 e. The van der Waals surface area contributed by atoms with Crippen molar-refractivity contribution in [1.82, 2.24) is 5.32 Å². The van der Waals surface area contributed by atoms with E-state index in [0.717, 1.165) is 38.5 Å². The minimum atomic E-state index is -1.27. The van der Waals surface area contributed by atoms with Gasteiger partial charge in [0.05, 0.1) is 6.42 Å². The van der Waals surface area contributed by atoms with Gasteiger partial charge in [-0.15, -0.1) is 0 Å². The average molecular weight is 1000 g/mol. The molecule has 0 saturated carbocycles. The highest BCUT2D eigenvalue weighted by Crippen LogP contribution is 2.19. The van der Waals surface area contributed by atoms with Crippen LogP contribution in [0.5, 0.6) is 0 Å². The van der Waals surface area contributed by atoms with Gasteiger partial charge in [0.2, 0.25) is 5.91 Å². The van der Waals surface area contributed by atoms with Gasteiger partial charge in [-0.1, -0.05) is 168 Å². The normalized spacial score (nSPS) is 12.5. The van der Waals surface area contributed by atoms with Gasteiger partial charge in [0.25, 0.3) is 5.91 Å². The van der Waals surface area contributed by atoms with Gasteiger partial charge in [-0.25, -0.2) is 4.79 Å². The molecule has 0 saturated heterocycles. The van der Waals surface area contributed by atoms with Gasteiger partial charge in [-0.3, -0.25) is 24.0 Å². The number of amides is 2. The molecule has 402 valence electrons. The summed E-state index contributed by atoms with van der Waals surface area (Å²) in [7, 11) is 0. The Morgan fingerprint density at radius 3 is 1.40 bits per heavy atom. The van der Waals surface area contributed by atoms with Gasteiger partial charge >= 0.3 is 23.9 Å². The molecule has 0 aliphatic heterocycles. The predicted octanol–water partition coefficient (Wildman–Crippen LogP) is 14.3.